The standard InChI is InChI=1S/C19H22O3/c1-3-21-17-13-19(17,18(20)22-4-2)12-14-9-10-15-7-5-6-8-16(15)11-14/h5-11,17H,3-4,12-13H2,1-2H3/t17?,19-/m1/s1. The second-order valence-corrected chi connectivity index (χ2v) is 5.88. The van der Waals surface area contributed by atoms with E-state index < -0.39 is 5.41 Å². The van der Waals surface area contributed by atoms with Crippen LogP contribution in [0.4, 0.5) is 0 Å². The van der Waals surface area contributed by atoms with Gasteiger partial charge in [0.15, 0.2) is 0 Å². The lowest BCUT2D eigenvalue weighted by Gasteiger charge is -2.16. The lowest BCUT2D eigenvalue weighted by molar-refractivity contribution is -0.151. The molecule has 0 saturated heterocycles. The summed E-state index contributed by atoms with van der Waals surface area (Å²) in [4.78, 5) is 12.4. The Bertz CT molecular complexity index is 679. The van der Waals surface area contributed by atoms with Crippen molar-refractivity contribution in [3.8, 4) is 0 Å². The van der Waals surface area contributed by atoms with Crippen LogP contribution in [0, 0.1) is 5.41 Å². The zero-order valence-electron chi connectivity index (χ0n) is 13.2. The number of hydrogen-bond donors (Lipinski definition) is 0. The first-order valence-corrected chi connectivity index (χ1v) is 7.96. The Kier molecular flexibility index (Phi) is 4.16. The number of hydrogen-bond acceptors (Lipinski definition) is 3. The van der Waals surface area contributed by atoms with Crippen LogP contribution in [0.5, 0.6) is 0 Å². The van der Waals surface area contributed by atoms with Crippen molar-refractivity contribution in [1.82, 2.24) is 0 Å². The summed E-state index contributed by atoms with van der Waals surface area (Å²) in [5.74, 6) is -0.124. The summed E-state index contributed by atoms with van der Waals surface area (Å²) in [6.45, 7) is 4.85. The maximum absolute atomic E-state index is 12.4. The molecule has 0 N–H and O–H groups in total. The first-order valence-electron chi connectivity index (χ1n) is 7.96. The number of fused-ring (bicyclic) bond motifs is 1. The van der Waals surface area contributed by atoms with E-state index in [1.807, 2.05) is 26.0 Å². The van der Waals surface area contributed by atoms with Crippen molar-refractivity contribution in [3.05, 3.63) is 48.0 Å². The number of benzene rings is 2. The lowest BCUT2D eigenvalue weighted by Crippen LogP contribution is -2.26. The van der Waals surface area contributed by atoms with Crippen LogP contribution >= 0.6 is 0 Å². The van der Waals surface area contributed by atoms with Gasteiger partial charge in [0.25, 0.3) is 0 Å². The highest BCUT2D eigenvalue weighted by Gasteiger charge is 2.62. The van der Waals surface area contributed by atoms with Crippen LogP contribution in [-0.4, -0.2) is 25.3 Å². The van der Waals surface area contributed by atoms with Crippen molar-refractivity contribution in [2.45, 2.75) is 32.8 Å². The summed E-state index contributed by atoms with van der Waals surface area (Å²) in [5, 5.41) is 2.42. The second-order valence-electron chi connectivity index (χ2n) is 5.88. The van der Waals surface area contributed by atoms with Gasteiger partial charge in [0.05, 0.1) is 12.7 Å². The monoisotopic (exact) mass is 298 g/mol. The number of rotatable bonds is 6. The van der Waals surface area contributed by atoms with E-state index in [-0.39, 0.29) is 12.1 Å². The highest BCUT2D eigenvalue weighted by atomic mass is 16.5. The van der Waals surface area contributed by atoms with E-state index >= 15 is 0 Å². The normalized spacial score (nSPS) is 23.5. The van der Waals surface area contributed by atoms with E-state index in [9.17, 15) is 4.79 Å². The molecule has 0 aliphatic heterocycles. The summed E-state index contributed by atoms with van der Waals surface area (Å²) in [6.07, 6.45) is 1.43. The molecular weight excluding hydrogens is 276 g/mol. The smallest absolute Gasteiger partial charge is 0.315 e. The molecule has 2 aromatic carbocycles. The average Bonchev–Trinajstić information content (AvgIpc) is 3.22. The number of esters is 1. The van der Waals surface area contributed by atoms with E-state index in [0.29, 0.717) is 19.6 Å². The van der Waals surface area contributed by atoms with Gasteiger partial charge in [0.1, 0.15) is 5.41 Å². The van der Waals surface area contributed by atoms with Crippen molar-refractivity contribution < 1.29 is 14.3 Å². The molecule has 2 atom stereocenters. The molecule has 2 aromatic rings. The zero-order chi connectivity index (χ0) is 15.6. The number of carbonyl (C=O) groups excluding carboxylic acids is 1. The molecule has 0 spiro atoms. The fourth-order valence-corrected chi connectivity index (χ4v) is 3.15. The molecule has 1 aliphatic rings. The average molecular weight is 298 g/mol. The molecular formula is C19H22O3. The third-order valence-electron chi connectivity index (χ3n) is 4.39. The van der Waals surface area contributed by atoms with Crippen LogP contribution in [0.25, 0.3) is 10.8 Å². The van der Waals surface area contributed by atoms with Gasteiger partial charge >= 0.3 is 5.97 Å². The fraction of sp³-hybridized carbons (Fsp3) is 0.421. The van der Waals surface area contributed by atoms with Gasteiger partial charge in [-0.1, -0.05) is 42.5 Å². The molecule has 3 heteroatoms. The van der Waals surface area contributed by atoms with Crippen LogP contribution in [0.3, 0.4) is 0 Å². The second kappa shape index (κ2) is 6.09. The summed E-state index contributed by atoms with van der Waals surface area (Å²) >= 11 is 0. The maximum atomic E-state index is 12.4. The summed E-state index contributed by atoms with van der Waals surface area (Å²) in [5.41, 5.74) is 0.669. The topological polar surface area (TPSA) is 35.5 Å². The molecule has 0 heterocycles. The Hall–Kier alpha value is -1.87. The molecule has 0 aromatic heterocycles. The third-order valence-corrected chi connectivity index (χ3v) is 4.39. The van der Waals surface area contributed by atoms with E-state index in [0.717, 1.165) is 12.0 Å². The van der Waals surface area contributed by atoms with Gasteiger partial charge < -0.3 is 9.47 Å². The first kappa shape index (κ1) is 15.0. The predicted molar refractivity (Wildman–Crippen MR) is 86.7 cm³/mol. The Morgan fingerprint density at radius 1 is 1.14 bits per heavy atom. The van der Waals surface area contributed by atoms with E-state index in [1.54, 1.807) is 0 Å². The Balaban J connectivity index is 1.85. The van der Waals surface area contributed by atoms with Crippen molar-refractivity contribution >= 4 is 16.7 Å². The van der Waals surface area contributed by atoms with Crippen LogP contribution in [-0.2, 0) is 20.7 Å². The van der Waals surface area contributed by atoms with Crippen molar-refractivity contribution in [1.29, 1.82) is 0 Å². The molecule has 0 radical (unpaired) electrons. The molecule has 1 fully saturated rings. The minimum Gasteiger partial charge on any atom is -0.465 e. The van der Waals surface area contributed by atoms with Gasteiger partial charge in [0.2, 0.25) is 0 Å². The molecule has 116 valence electrons. The minimum atomic E-state index is -0.492. The van der Waals surface area contributed by atoms with Crippen LogP contribution in [0.2, 0.25) is 0 Å². The summed E-state index contributed by atoms with van der Waals surface area (Å²) < 4.78 is 11.0. The van der Waals surface area contributed by atoms with Crippen molar-refractivity contribution in [3.63, 3.8) is 0 Å². The van der Waals surface area contributed by atoms with Crippen LogP contribution in [0.1, 0.15) is 25.8 Å². The maximum Gasteiger partial charge on any atom is 0.315 e. The van der Waals surface area contributed by atoms with Crippen LogP contribution < -0.4 is 0 Å². The number of ether oxygens (including phenoxy) is 2. The Morgan fingerprint density at radius 3 is 2.64 bits per heavy atom. The minimum absolute atomic E-state index is 0.0111. The van der Waals surface area contributed by atoms with Gasteiger partial charge in [-0.05, 0) is 43.0 Å². The lowest BCUT2D eigenvalue weighted by atomic mass is 9.94. The van der Waals surface area contributed by atoms with E-state index in [4.69, 9.17) is 9.47 Å². The molecule has 1 unspecified atom stereocenters. The molecule has 0 amide bonds. The first-order chi connectivity index (χ1) is 10.7. The molecule has 1 aliphatic carbocycles. The van der Waals surface area contributed by atoms with Gasteiger partial charge in [-0.25, -0.2) is 0 Å². The highest BCUT2D eigenvalue weighted by molar-refractivity contribution is 5.84. The SMILES string of the molecule is CCOC(=O)[C@]1(Cc2ccc3ccccc3c2)CC1OCC. The largest absolute Gasteiger partial charge is 0.465 e. The molecule has 3 nitrogen and oxygen atoms in total. The van der Waals surface area contributed by atoms with Gasteiger partial charge in [-0.2, -0.15) is 0 Å². The van der Waals surface area contributed by atoms with Crippen molar-refractivity contribution in [2.75, 3.05) is 13.2 Å². The fourth-order valence-electron chi connectivity index (χ4n) is 3.15. The predicted octanol–water partition coefficient (Wildman–Crippen LogP) is 3.74. The van der Waals surface area contributed by atoms with E-state index in [1.165, 1.54) is 10.8 Å². The quantitative estimate of drug-likeness (QED) is 0.762. The van der Waals surface area contributed by atoms with Crippen molar-refractivity contribution in [2.24, 2.45) is 5.41 Å². The summed E-state index contributed by atoms with van der Waals surface area (Å²) in [6, 6.07) is 14.6. The Morgan fingerprint density at radius 2 is 1.91 bits per heavy atom. The highest BCUT2D eigenvalue weighted by Crippen LogP contribution is 2.52. The summed E-state index contributed by atoms with van der Waals surface area (Å²) in [7, 11) is 0. The van der Waals surface area contributed by atoms with Gasteiger partial charge in [-0.15, -0.1) is 0 Å². The van der Waals surface area contributed by atoms with Gasteiger partial charge in [-0.3, -0.25) is 4.79 Å². The molecule has 1 saturated carbocycles. The Labute approximate surface area is 131 Å². The molecule has 3 rings (SSSR count). The molecule has 0 bridgehead atoms. The van der Waals surface area contributed by atoms with Gasteiger partial charge in [0, 0.05) is 6.61 Å². The third kappa shape index (κ3) is 2.73. The van der Waals surface area contributed by atoms with Crippen LogP contribution in [0.15, 0.2) is 42.5 Å². The number of carbonyl (C=O) groups is 1. The molecule has 22 heavy (non-hydrogen) atoms. The van der Waals surface area contributed by atoms with E-state index in [2.05, 4.69) is 30.3 Å². The zero-order valence-corrected chi connectivity index (χ0v) is 13.2.